The smallest absolute Gasteiger partial charge is 0.251 e. The zero-order chi connectivity index (χ0) is 19.2. The number of hydrogen-bond donors (Lipinski definition) is 1. The largest absolute Gasteiger partial charge is 0.494 e. The van der Waals surface area contributed by atoms with Crippen LogP contribution in [0.25, 0.3) is 0 Å². The lowest BCUT2D eigenvalue weighted by molar-refractivity contribution is -0.117. The average Bonchev–Trinajstić information content (AvgIpc) is 3.03. The van der Waals surface area contributed by atoms with Crippen molar-refractivity contribution in [1.29, 1.82) is 0 Å². The molecule has 0 aromatic heterocycles. The first-order valence-corrected chi connectivity index (χ1v) is 9.54. The van der Waals surface area contributed by atoms with Crippen molar-refractivity contribution in [3.05, 3.63) is 59.1 Å². The maximum atomic E-state index is 12.5. The Morgan fingerprint density at radius 2 is 1.89 bits per heavy atom. The minimum Gasteiger partial charge on any atom is -0.494 e. The average molecular weight is 387 g/mol. The summed E-state index contributed by atoms with van der Waals surface area (Å²) in [7, 11) is 0. The molecule has 2 aromatic rings. The number of nitrogens with zero attached hydrogens (tertiary/aromatic N) is 1. The number of hydrogen-bond acceptors (Lipinski definition) is 3. The normalized spacial score (nSPS) is 16.4. The van der Waals surface area contributed by atoms with Crippen LogP contribution in [-0.2, 0) is 4.79 Å². The third kappa shape index (κ3) is 5.01. The van der Waals surface area contributed by atoms with E-state index in [-0.39, 0.29) is 24.3 Å². The summed E-state index contributed by atoms with van der Waals surface area (Å²) < 4.78 is 5.61. The van der Waals surface area contributed by atoms with Crippen molar-refractivity contribution in [3.63, 3.8) is 0 Å². The molecule has 1 atom stereocenters. The van der Waals surface area contributed by atoms with E-state index in [1.54, 1.807) is 41.3 Å². The van der Waals surface area contributed by atoms with Crippen LogP contribution in [0.4, 0.5) is 5.69 Å². The summed E-state index contributed by atoms with van der Waals surface area (Å²) in [5.74, 6) is 0.554. The molecule has 1 heterocycles. The van der Waals surface area contributed by atoms with Crippen molar-refractivity contribution in [2.24, 2.45) is 0 Å². The molecule has 0 radical (unpaired) electrons. The first kappa shape index (κ1) is 19.2. The fourth-order valence-electron chi connectivity index (χ4n) is 2.98. The van der Waals surface area contributed by atoms with Gasteiger partial charge in [-0.05, 0) is 55.0 Å². The predicted molar refractivity (Wildman–Crippen MR) is 107 cm³/mol. The summed E-state index contributed by atoms with van der Waals surface area (Å²) in [5, 5.41) is 3.56. The van der Waals surface area contributed by atoms with E-state index in [2.05, 4.69) is 12.2 Å². The van der Waals surface area contributed by atoms with Gasteiger partial charge in [-0.3, -0.25) is 9.59 Å². The molecule has 5 nitrogen and oxygen atoms in total. The highest BCUT2D eigenvalue weighted by molar-refractivity contribution is 6.30. The van der Waals surface area contributed by atoms with Gasteiger partial charge in [-0.2, -0.15) is 0 Å². The monoisotopic (exact) mass is 386 g/mol. The van der Waals surface area contributed by atoms with E-state index in [0.29, 0.717) is 23.7 Å². The Balaban J connectivity index is 1.56. The van der Waals surface area contributed by atoms with Crippen LogP contribution in [0.3, 0.4) is 0 Å². The molecule has 0 aliphatic carbocycles. The van der Waals surface area contributed by atoms with E-state index in [1.807, 2.05) is 12.1 Å². The van der Waals surface area contributed by atoms with Crippen molar-refractivity contribution in [2.75, 3.05) is 18.1 Å². The van der Waals surface area contributed by atoms with Gasteiger partial charge in [0.1, 0.15) is 5.75 Å². The van der Waals surface area contributed by atoms with Gasteiger partial charge in [-0.25, -0.2) is 0 Å². The fraction of sp³-hybridized carbons (Fsp3) is 0.333. The zero-order valence-corrected chi connectivity index (χ0v) is 16.0. The van der Waals surface area contributed by atoms with Gasteiger partial charge in [0.2, 0.25) is 5.91 Å². The number of amides is 2. The van der Waals surface area contributed by atoms with Crippen molar-refractivity contribution in [2.45, 2.75) is 32.2 Å². The molecule has 1 N–H and O–H groups in total. The van der Waals surface area contributed by atoms with Gasteiger partial charge >= 0.3 is 0 Å². The Morgan fingerprint density at radius 3 is 2.56 bits per heavy atom. The molecule has 27 heavy (non-hydrogen) atoms. The Morgan fingerprint density at radius 1 is 1.19 bits per heavy atom. The highest BCUT2D eigenvalue weighted by Crippen LogP contribution is 2.23. The van der Waals surface area contributed by atoms with E-state index in [0.717, 1.165) is 24.3 Å². The minimum absolute atomic E-state index is 0.0118. The van der Waals surface area contributed by atoms with Crippen LogP contribution in [0, 0.1) is 0 Å². The lowest BCUT2D eigenvalue weighted by Gasteiger charge is -2.17. The van der Waals surface area contributed by atoms with Crippen LogP contribution in [0.2, 0.25) is 5.02 Å². The van der Waals surface area contributed by atoms with Crippen LogP contribution in [-0.4, -0.2) is 31.0 Å². The van der Waals surface area contributed by atoms with Crippen molar-refractivity contribution >= 4 is 29.1 Å². The highest BCUT2D eigenvalue weighted by atomic mass is 35.5. The number of unbranched alkanes of at least 4 members (excludes halogenated alkanes) is 1. The number of benzene rings is 2. The molecule has 1 fully saturated rings. The Labute approximate surface area is 164 Å². The van der Waals surface area contributed by atoms with Gasteiger partial charge in [0.15, 0.2) is 0 Å². The lowest BCUT2D eigenvalue weighted by atomic mass is 10.2. The van der Waals surface area contributed by atoms with Gasteiger partial charge < -0.3 is 15.0 Å². The molecular formula is C21H23ClN2O3. The molecule has 1 aliphatic heterocycles. The summed E-state index contributed by atoms with van der Waals surface area (Å²) in [5.41, 5.74) is 1.34. The van der Waals surface area contributed by atoms with E-state index < -0.39 is 0 Å². The molecule has 6 heteroatoms. The second-order valence-corrected chi connectivity index (χ2v) is 7.02. The van der Waals surface area contributed by atoms with Crippen LogP contribution < -0.4 is 15.0 Å². The first-order chi connectivity index (χ1) is 13.1. The Hall–Kier alpha value is -2.53. The first-order valence-electron chi connectivity index (χ1n) is 9.16. The third-order valence-electron chi connectivity index (χ3n) is 4.48. The zero-order valence-electron chi connectivity index (χ0n) is 15.3. The number of carbonyl (C=O) groups excluding carboxylic acids is 2. The number of anilines is 1. The van der Waals surface area contributed by atoms with E-state index >= 15 is 0 Å². The fourth-order valence-corrected chi connectivity index (χ4v) is 3.11. The van der Waals surface area contributed by atoms with Crippen molar-refractivity contribution in [3.8, 4) is 5.75 Å². The maximum absolute atomic E-state index is 12.5. The van der Waals surface area contributed by atoms with Crippen LogP contribution >= 0.6 is 11.6 Å². The topological polar surface area (TPSA) is 58.6 Å². The quantitative estimate of drug-likeness (QED) is 0.730. The number of ether oxygens (including phenoxy) is 1. The second-order valence-electron chi connectivity index (χ2n) is 6.58. The van der Waals surface area contributed by atoms with Crippen molar-refractivity contribution < 1.29 is 14.3 Å². The van der Waals surface area contributed by atoms with Crippen LogP contribution in [0.5, 0.6) is 5.75 Å². The molecule has 0 spiro atoms. The lowest BCUT2D eigenvalue weighted by Crippen LogP contribution is -2.37. The van der Waals surface area contributed by atoms with Gasteiger partial charge in [-0.15, -0.1) is 0 Å². The van der Waals surface area contributed by atoms with Gasteiger partial charge in [0.25, 0.3) is 5.91 Å². The number of rotatable bonds is 7. The van der Waals surface area contributed by atoms with Gasteiger partial charge in [0.05, 0.1) is 12.6 Å². The van der Waals surface area contributed by atoms with Crippen LogP contribution in [0.15, 0.2) is 48.5 Å². The summed E-state index contributed by atoms with van der Waals surface area (Å²) in [6, 6.07) is 14.0. The molecule has 0 saturated carbocycles. The third-order valence-corrected chi connectivity index (χ3v) is 4.73. The van der Waals surface area contributed by atoms with Crippen LogP contribution in [0.1, 0.15) is 36.5 Å². The SMILES string of the molecule is CCCCOc1ccc(C(=O)N[C@@H]2CC(=O)N(c3ccc(Cl)cc3)C2)cc1. The molecule has 2 aromatic carbocycles. The van der Waals surface area contributed by atoms with E-state index in [4.69, 9.17) is 16.3 Å². The predicted octanol–water partition coefficient (Wildman–Crippen LogP) is 4.05. The Kier molecular flexibility index (Phi) is 6.35. The van der Waals surface area contributed by atoms with Gasteiger partial charge in [0, 0.05) is 29.2 Å². The van der Waals surface area contributed by atoms with E-state index in [9.17, 15) is 9.59 Å². The van der Waals surface area contributed by atoms with Gasteiger partial charge in [-0.1, -0.05) is 24.9 Å². The molecule has 0 bridgehead atoms. The molecule has 1 aliphatic rings. The molecule has 0 unspecified atom stereocenters. The number of nitrogens with one attached hydrogen (secondary N) is 1. The van der Waals surface area contributed by atoms with Crippen molar-refractivity contribution in [1.82, 2.24) is 5.32 Å². The highest BCUT2D eigenvalue weighted by Gasteiger charge is 2.31. The van der Waals surface area contributed by atoms with E-state index in [1.165, 1.54) is 0 Å². The summed E-state index contributed by atoms with van der Waals surface area (Å²) >= 11 is 5.90. The summed E-state index contributed by atoms with van der Waals surface area (Å²) in [6.45, 7) is 3.23. The summed E-state index contributed by atoms with van der Waals surface area (Å²) in [4.78, 5) is 26.4. The molecule has 1 saturated heterocycles. The summed E-state index contributed by atoms with van der Waals surface area (Å²) in [6.07, 6.45) is 2.36. The molecule has 142 valence electrons. The standard InChI is InChI=1S/C21H23ClN2O3/c1-2-3-12-27-19-10-4-15(5-11-19)21(26)23-17-13-20(25)24(14-17)18-8-6-16(22)7-9-18/h4-11,17H,2-3,12-14H2,1H3,(H,23,26)/t17-/m1/s1. The minimum atomic E-state index is -0.221. The molecule has 3 rings (SSSR count). The molecule has 2 amide bonds. The maximum Gasteiger partial charge on any atom is 0.251 e. The number of carbonyl (C=O) groups is 2. The number of halogens is 1. The second kappa shape index (κ2) is 8.91. The Bertz CT molecular complexity index is 790. The molecular weight excluding hydrogens is 364 g/mol.